The summed E-state index contributed by atoms with van der Waals surface area (Å²) in [5, 5.41) is 3.10. The summed E-state index contributed by atoms with van der Waals surface area (Å²) in [6.07, 6.45) is 0.998. The van der Waals surface area contributed by atoms with Gasteiger partial charge >= 0.3 is 0 Å². The molecule has 4 N–H and O–H groups in total. The van der Waals surface area contributed by atoms with Gasteiger partial charge in [-0.25, -0.2) is 0 Å². The topological polar surface area (TPSA) is 52.0 Å². The van der Waals surface area contributed by atoms with Crippen molar-refractivity contribution in [2.24, 2.45) is 0 Å². The number of hydrogen-bond donors (Lipinski definition) is 2. The average Bonchev–Trinajstić information content (AvgIpc) is 2.51. The Bertz CT molecular complexity index is 445. The molecule has 2 rings (SSSR count). The normalized spacial score (nSPS) is 10.8. The summed E-state index contributed by atoms with van der Waals surface area (Å²) in [6.45, 7) is 2.13. The first kappa shape index (κ1) is 8.38. The smallest absolute Gasteiger partial charge is 0.0596 e. The van der Waals surface area contributed by atoms with Crippen molar-refractivity contribution in [2.75, 3.05) is 11.5 Å². The minimum Gasteiger partial charge on any atom is -0.398 e. The summed E-state index contributed by atoms with van der Waals surface area (Å²) < 4.78 is 1.12. The van der Waals surface area contributed by atoms with E-state index in [2.05, 4.69) is 13.0 Å². The fraction of sp³-hybridized carbons (Fsp3) is 0.200. The number of aryl methyl sites for hydroxylation is 1. The maximum Gasteiger partial charge on any atom is 0.0596 e. The predicted molar refractivity (Wildman–Crippen MR) is 60.0 cm³/mol. The van der Waals surface area contributed by atoms with Crippen LogP contribution in [0.4, 0.5) is 11.4 Å². The highest BCUT2D eigenvalue weighted by atomic mass is 32.1. The van der Waals surface area contributed by atoms with E-state index < -0.39 is 0 Å². The van der Waals surface area contributed by atoms with E-state index in [0.29, 0.717) is 0 Å². The molecule has 2 aromatic rings. The lowest BCUT2D eigenvalue weighted by Gasteiger charge is -2.02. The molecule has 0 amide bonds. The fourth-order valence-electron chi connectivity index (χ4n) is 1.56. The van der Waals surface area contributed by atoms with Crippen molar-refractivity contribution >= 4 is 32.8 Å². The molecule has 0 saturated carbocycles. The average molecular weight is 192 g/mol. The quantitative estimate of drug-likeness (QED) is 0.682. The zero-order valence-electron chi connectivity index (χ0n) is 7.50. The molecule has 3 heteroatoms. The van der Waals surface area contributed by atoms with Crippen LogP contribution < -0.4 is 11.5 Å². The van der Waals surface area contributed by atoms with Gasteiger partial charge in [0, 0.05) is 16.5 Å². The standard InChI is InChI=1S/C10H12N2S/c1-2-6-3-4-7(11)10-9(6)8(12)5-13-10/h3-5H,2,11-12H2,1H3. The largest absolute Gasteiger partial charge is 0.398 e. The lowest BCUT2D eigenvalue weighted by Crippen LogP contribution is -1.90. The molecule has 68 valence electrons. The fourth-order valence-corrected chi connectivity index (χ4v) is 2.49. The summed E-state index contributed by atoms with van der Waals surface area (Å²) in [5.74, 6) is 0. The lowest BCUT2D eigenvalue weighted by molar-refractivity contribution is 1.16. The number of anilines is 2. The Kier molecular flexibility index (Phi) is 1.88. The first-order valence-electron chi connectivity index (χ1n) is 4.28. The van der Waals surface area contributed by atoms with Gasteiger partial charge in [-0.05, 0) is 18.1 Å². The number of nitrogens with two attached hydrogens (primary N) is 2. The second-order valence-corrected chi connectivity index (χ2v) is 3.94. The molecular formula is C10H12N2S. The second kappa shape index (κ2) is 2.92. The highest BCUT2D eigenvalue weighted by molar-refractivity contribution is 7.18. The third-order valence-electron chi connectivity index (χ3n) is 2.25. The van der Waals surface area contributed by atoms with Crippen molar-refractivity contribution in [1.82, 2.24) is 0 Å². The summed E-state index contributed by atoms with van der Waals surface area (Å²) in [6, 6.07) is 4.01. The molecule has 0 aliphatic carbocycles. The molecule has 0 bridgehead atoms. The SMILES string of the molecule is CCc1ccc(N)c2scc(N)c12. The van der Waals surface area contributed by atoms with Crippen molar-refractivity contribution in [3.8, 4) is 0 Å². The molecule has 0 unspecified atom stereocenters. The maximum absolute atomic E-state index is 5.88. The number of fused-ring (bicyclic) bond motifs is 1. The van der Waals surface area contributed by atoms with Gasteiger partial charge in [0.1, 0.15) is 0 Å². The molecule has 0 radical (unpaired) electrons. The molecule has 0 aliphatic heterocycles. The first-order valence-corrected chi connectivity index (χ1v) is 5.16. The number of thiophene rings is 1. The van der Waals surface area contributed by atoms with Crippen molar-refractivity contribution in [3.63, 3.8) is 0 Å². The third kappa shape index (κ3) is 1.16. The van der Waals surface area contributed by atoms with Gasteiger partial charge in [-0.1, -0.05) is 13.0 Å². The molecule has 0 spiro atoms. The zero-order chi connectivity index (χ0) is 9.42. The van der Waals surface area contributed by atoms with Crippen LogP contribution in [0.1, 0.15) is 12.5 Å². The van der Waals surface area contributed by atoms with Crippen LogP contribution in [0.5, 0.6) is 0 Å². The number of nitrogen functional groups attached to an aromatic ring is 2. The van der Waals surface area contributed by atoms with E-state index in [1.807, 2.05) is 11.4 Å². The monoisotopic (exact) mass is 192 g/mol. The lowest BCUT2D eigenvalue weighted by atomic mass is 10.1. The van der Waals surface area contributed by atoms with Crippen LogP contribution >= 0.6 is 11.3 Å². The molecule has 13 heavy (non-hydrogen) atoms. The van der Waals surface area contributed by atoms with E-state index in [0.717, 1.165) is 27.9 Å². The van der Waals surface area contributed by atoms with E-state index in [1.165, 1.54) is 5.56 Å². The van der Waals surface area contributed by atoms with Gasteiger partial charge < -0.3 is 11.5 Å². The summed E-state index contributed by atoms with van der Waals surface area (Å²) in [5.41, 5.74) is 14.7. The minimum atomic E-state index is 0.828. The highest BCUT2D eigenvalue weighted by Crippen LogP contribution is 2.35. The van der Waals surface area contributed by atoms with E-state index in [4.69, 9.17) is 11.5 Å². The molecule has 1 heterocycles. The van der Waals surface area contributed by atoms with E-state index >= 15 is 0 Å². The molecule has 0 aliphatic rings. The van der Waals surface area contributed by atoms with Crippen LogP contribution in [0.3, 0.4) is 0 Å². The van der Waals surface area contributed by atoms with Crippen LogP contribution in [0.2, 0.25) is 0 Å². The van der Waals surface area contributed by atoms with Crippen LogP contribution in [-0.2, 0) is 6.42 Å². The Morgan fingerprint density at radius 1 is 1.23 bits per heavy atom. The van der Waals surface area contributed by atoms with Crippen LogP contribution in [-0.4, -0.2) is 0 Å². The minimum absolute atomic E-state index is 0.828. The van der Waals surface area contributed by atoms with E-state index in [1.54, 1.807) is 11.3 Å². The predicted octanol–water partition coefficient (Wildman–Crippen LogP) is 2.63. The maximum atomic E-state index is 5.88. The first-order chi connectivity index (χ1) is 6.24. The highest BCUT2D eigenvalue weighted by Gasteiger charge is 2.07. The Balaban J connectivity index is 2.88. The Morgan fingerprint density at radius 3 is 2.69 bits per heavy atom. The van der Waals surface area contributed by atoms with E-state index in [9.17, 15) is 0 Å². The molecular weight excluding hydrogens is 180 g/mol. The number of benzene rings is 1. The number of hydrogen-bond acceptors (Lipinski definition) is 3. The van der Waals surface area contributed by atoms with Gasteiger partial charge in [0.2, 0.25) is 0 Å². The van der Waals surface area contributed by atoms with Gasteiger partial charge in [0.05, 0.1) is 10.4 Å². The molecule has 1 aromatic carbocycles. The Labute approximate surface area is 81.2 Å². The van der Waals surface area contributed by atoms with Crippen LogP contribution in [0.15, 0.2) is 17.5 Å². The summed E-state index contributed by atoms with van der Waals surface area (Å²) >= 11 is 1.62. The van der Waals surface area contributed by atoms with Gasteiger partial charge in [-0.2, -0.15) is 0 Å². The molecule has 0 saturated heterocycles. The Morgan fingerprint density at radius 2 is 2.00 bits per heavy atom. The number of rotatable bonds is 1. The second-order valence-electron chi connectivity index (χ2n) is 3.06. The molecule has 0 fully saturated rings. The summed E-state index contributed by atoms with van der Waals surface area (Å²) in [7, 11) is 0. The summed E-state index contributed by atoms with van der Waals surface area (Å²) in [4.78, 5) is 0. The third-order valence-corrected chi connectivity index (χ3v) is 3.30. The molecule has 1 aromatic heterocycles. The van der Waals surface area contributed by atoms with Gasteiger partial charge in [0.15, 0.2) is 0 Å². The zero-order valence-corrected chi connectivity index (χ0v) is 8.32. The van der Waals surface area contributed by atoms with E-state index in [-0.39, 0.29) is 0 Å². The van der Waals surface area contributed by atoms with Crippen molar-refractivity contribution < 1.29 is 0 Å². The molecule has 2 nitrogen and oxygen atoms in total. The van der Waals surface area contributed by atoms with Gasteiger partial charge in [-0.15, -0.1) is 11.3 Å². The van der Waals surface area contributed by atoms with Crippen molar-refractivity contribution in [2.45, 2.75) is 13.3 Å². The van der Waals surface area contributed by atoms with Crippen molar-refractivity contribution in [1.29, 1.82) is 0 Å². The Hall–Kier alpha value is -1.22. The van der Waals surface area contributed by atoms with Crippen LogP contribution in [0, 0.1) is 0 Å². The van der Waals surface area contributed by atoms with Crippen LogP contribution in [0.25, 0.3) is 10.1 Å². The molecule has 0 atom stereocenters. The van der Waals surface area contributed by atoms with Gasteiger partial charge in [-0.3, -0.25) is 0 Å². The van der Waals surface area contributed by atoms with Gasteiger partial charge in [0.25, 0.3) is 0 Å². The van der Waals surface area contributed by atoms with Crippen molar-refractivity contribution in [3.05, 3.63) is 23.1 Å².